The number of hydrogen-bond donors (Lipinski definition) is 1. The van der Waals surface area contributed by atoms with Gasteiger partial charge in [0.2, 0.25) is 11.8 Å². The summed E-state index contributed by atoms with van der Waals surface area (Å²) in [6.45, 7) is 5.50. The van der Waals surface area contributed by atoms with Crippen LogP contribution in [0.5, 0.6) is 11.5 Å². The van der Waals surface area contributed by atoms with Gasteiger partial charge in [0.05, 0.1) is 24.3 Å². The van der Waals surface area contributed by atoms with Gasteiger partial charge in [-0.1, -0.05) is 42.7 Å². The normalized spacial score (nSPS) is 14.1. The molecule has 1 saturated carbocycles. The Hall–Kier alpha value is -4.05. The summed E-state index contributed by atoms with van der Waals surface area (Å²) in [7, 11) is -2.57. The Labute approximate surface area is 254 Å². The molecule has 2 amide bonds. The van der Waals surface area contributed by atoms with Crippen molar-refractivity contribution in [2.24, 2.45) is 0 Å². The van der Waals surface area contributed by atoms with E-state index in [-0.39, 0.29) is 23.4 Å². The first-order valence-corrected chi connectivity index (χ1v) is 16.1. The van der Waals surface area contributed by atoms with Crippen molar-refractivity contribution >= 4 is 27.5 Å². The summed E-state index contributed by atoms with van der Waals surface area (Å²) in [5.74, 6) is 0.486. The maximum Gasteiger partial charge on any atom is 0.264 e. The molecule has 230 valence electrons. The van der Waals surface area contributed by atoms with Crippen molar-refractivity contribution in [2.45, 2.75) is 70.0 Å². The van der Waals surface area contributed by atoms with Gasteiger partial charge in [-0.15, -0.1) is 0 Å². The standard InChI is InChI=1S/C33H41N3O6S/c1-5-42-30-18-14-28(15-19-30)36(43(39,40)31-20-10-24(2)11-21-31)23-32(37)35(22-26-12-16-29(41-4)17-13-26)25(3)33(38)34-27-8-6-7-9-27/h10-21,25,27H,5-9,22-23H2,1-4H3,(H,34,38). The lowest BCUT2D eigenvalue weighted by molar-refractivity contribution is -0.139. The molecule has 0 heterocycles. The van der Waals surface area contributed by atoms with Crippen molar-refractivity contribution in [2.75, 3.05) is 24.6 Å². The lowest BCUT2D eigenvalue weighted by Gasteiger charge is -2.32. The van der Waals surface area contributed by atoms with E-state index in [1.54, 1.807) is 62.6 Å². The van der Waals surface area contributed by atoms with Gasteiger partial charge in [0.1, 0.15) is 24.1 Å². The average molecular weight is 608 g/mol. The SMILES string of the molecule is CCOc1ccc(N(CC(=O)N(Cc2ccc(OC)cc2)C(C)C(=O)NC2CCCC2)S(=O)(=O)c2ccc(C)cc2)cc1. The van der Waals surface area contributed by atoms with Crippen molar-refractivity contribution < 1.29 is 27.5 Å². The van der Waals surface area contributed by atoms with Crippen LogP contribution in [-0.4, -0.2) is 57.5 Å². The molecule has 0 spiro atoms. The molecule has 4 rings (SSSR count). The Balaban J connectivity index is 1.68. The second-order valence-corrected chi connectivity index (χ2v) is 12.6. The molecule has 0 saturated heterocycles. The molecule has 43 heavy (non-hydrogen) atoms. The van der Waals surface area contributed by atoms with E-state index < -0.39 is 28.5 Å². The van der Waals surface area contributed by atoms with E-state index in [4.69, 9.17) is 9.47 Å². The second-order valence-electron chi connectivity index (χ2n) is 10.8. The lowest BCUT2D eigenvalue weighted by Crippen LogP contribution is -2.52. The van der Waals surface area contributed by atoms with Crippen LogP contribution in [0.25, 0.3) is 0 Å². The molecule has 3 aromatic rings. The number of rotatable bonds is 13. The number of aryl methyl sites for hydroxylation is 1. The molecule has 1 atom stereocenters. The molecule has 0 radical (unpaired) electrons. The minimum absolute atomic E-state index is 0.0634. The molecule has 1 fully saturated rings. The lowest BCUT2D eigenvalue weighted by atomic mass is 10.1. The van der Waals surface area contributed by atoms with Crippen LogP contribution in [0.4, 0.5) is 5.69 Å². The molecule has 0 aliphatic heterocycles. The number of sulfonamides is 1. The second kappa shape index (κ2) is 14.4. The molecule has 1 unspecified atom stereocenters. The van der Waals surface area contributed by atoms with E-state index in [0.717, 1.165) is 41.1 Å². The van der Waals surface area contributed by atoms with Gasteiger partial charge in [-0.25, -0.2) is 8.42 Å². The number of benzene rings is 3. The van der Waals surface area contributed by atoms with Crippen molar-refractivity contribution in [3.8, 4) is 11.5 Å². The topological polar surface area (TPSA) is 105 Å². The number of amides is 2. The maximum absolute atomic E-state index is 14.1. The van der Waals surface area contributed by atoms with Crippen LogP contribution < -0.4 is 19.1 Å². The average Bonchev–Trinajstić information content (AvgIpc) is 3.52. The monoisotopic (exact) mass is 607 g/mol. The fraction of sp³-hybridized carbons (Fsp3) is 0.394. The minimum atomic E-state index is -4.14. The van der Waals surface area contributed by atoms with Gasteiger partial charge in [-0.3, -0.25) is 13.9 Å². The summed E-state index contributed by atoms with van der Waals surface area (Å²) >= 11 is 0. The van der Waals surface area contributed by atoms with E-state index in [1.165, 1.54) is 17.0 Å². The molecule has 10 heteroatoms. The van der Waals surface area contributed by atoms with Crippen molar-refractivity contribution in [1.29, 1.82) is 0 Å². The highest BCUT2D eigenvalue weighted by Gasteiger charge is 2.33. The zero-order valence-corrected chi connectivity index (χ0v) is 26.1. The highest BCUT2D eigenvalue weighted by molar-refractivity contribution is 7.92. The fourth-order valence-corrected chi connectivity index (χ4v) is 6.56. The van der Waals surface area contributed by atoms with Gasteiger partial charge in [0, 0.05) is 12.6 Å². The zero-order valence-electron chi connectivity index (χ0n) is 25.3. The van der Waals surface area contributed by atoms with Gasteiger partial charge in [0.15, 0.2) is 0 Å². The largest absolute Gasteiger partial charge is 0.497 e. The van der Waals surface area contributed by atoms with Crippen molar-refractivity contribution in [3.63, 3.8) is 0 Å². The van der Waals surface area contributed by atoms with E-state index in [2.05, 4.69) is 5.32 Å². The number of nitrogens with one attached hydrogen (secondary N) is 1. The van der Waals surface area contributed by atoms with Crippen LogP contribution >= 0.6 is 0 Å². The highest BCUT2D eigenvalue weighted by Crippen LogP contribution is 2.27. The van der Waals surface area contributed by atoms with Crippen LogP contribution in [0, 0.1) is 6.92 Å². The summed E-state index contributed by atoms with van der Waals surface area (Å²) in [5.41, 5.74) is 2.00. The number of hydrogen-bond acceptors (Lipinski definition) is 6. The van der Waals surface area contributed by atoms with Crippen LogP contribution in [-0.2, 0) is 26.2 Å². The summed E-state index contributed by atoms with van der Waals surface area (Å²) in [6, 6.07) is 19.6. The van der Waals surface area contributed by atoms with Gasteiger partial charge >= 0.3 is 0 Å². The molecule has 3 aromatic carbocycles. The first-order valence-electron chi connectivity index (χ1n) is 14.7. The summed E-state index contributed by atoms with van der Waals surface area (Å²) < 4.78 is 39.9. The number of ether oxygens (including phenoxy) is 2. The van der Waals surface area contributed by atoms with Gasteiger partial charge in [-0.2, -0.15) is 0 Å². The Morgan fingerprint density at radius 2 is 1.53 bits per heavy atom. The molecule has 0 aromatic heterocycles. The van der Waals surface area contributed by atoms with E-state index in [0.29, 0.717) is 23.8 Å². The molecule has 9 nitrogen and oxygen atoms in total. The Morgan fingerprint density at radius 3 is 2.12 bits per heavy atom. The molecule has 0 bridgehead atoms. The van der Waals surface area contributed by atoms with Crippen molar-refractivity contribution in [3.05, 3.63) is 83.9 Å². The number of methoxy groups -OCH3 is 1. The quantitative estimate of drug-likeness (QED) is 0.291. The van der Waals surface area contributed by atoms with E-state index >= 15 is 0 Å². The third kappa shape index (κ3) is 8.07. The Kier molecular flexibility index (Phi) is 10.7. The van der Waals surface area contributed by atoms with Gasteiger partial charge in [0.25, 0.3) is 10.0 Å². The van der Waals surface area contributed by atoms with E-state index in [1.807, 2.05) is 26.0 Å². The zero-order chi connectivity index (χ0) is 31.0. The van der Waals surface area contributed by atoms with Gasteiger partial charge in [-0.05, 0) is 87.7 Å². The summed E-state index contributed by atoms with van der Waals surface area (Å²) in [5, 5.41) is 3.08. The van der Waals surface area contributed by atoms with Crippen LogP contribution in [0.3, 0.4) is 0 Å². The molecular weight excluding hydrogens is 566 g/mol. The van der Waals surface area contributed by atoms with Crippen LogP contribution in [0.15, 0.2) is 77.7 Å². The highest BCUT2D eigenvalue weighted by atomic mass is 32.2. The number of carbonyl (C=O) groups excluding carboxylic acids is 2. The third-order valence-electron chi connectivity index (χ3n) is 7.70. The summed E-state index contributed by atoms with van der Waals surface area (Å²) in [6.07, 6.45) is 3.93. The first kappa shape index (κ1) is 31.9. The maximum atomic E-state index is 14.1. The fourth-order valence-electron chi connectivity index (χ4n) is 5.14. The first-order chi connectivity index (χ1) is 20.6. The number of nitrogens with zero attached hydrogens (tertiary/aromatic N) is 2. The Bertz CT molecular complexity index is 1470. The number of carbonyl (C=O) groups is 2. The minimum Gasteiger partial charge on any atom is -0.497 e. The smallest absolute Gasteiger partial charge is 0.264 e. The summed E-state index contributed by atoms with van der Waals surface area (Å²) in [4.78, 5) is 29.0. The molecular formula is C33H41N3O6S. The molecule has 1 aliphatic carbocycles. The van der Waals surface area contributed by atoms with Crippen LogP contribution in [0.2, 0.25) is 0 Å². The Morgan fingerprint density at radius 1 is 0.930 bits per heavy atom. The number of anilines is 1. The third-order valence-corrected chi connectivity index (χ3v) is 9.49. The van der Waals surface area contributed by atoms with Gasteiger partial charge < -0.3 is 19.7 Å². The predicted molar refractivity (Wildman–Crippen MR) is 167 cm³/mol. The van der Waals surface area contributed by atoms with E-state index in [9.17, 15) is 18.0 Å². The molecule has 1 N–H and O–H groups in total. The van der Waals surface area contributed by atoms with Crippen molar-refractivity contribution in [1.82, 2.24) is 10.2 Å². The van der Waals surface area contributed by atoms with Crippen LogP contribution in [0.1, 0.15) is 50.7 Å². The molecule has 1 aliphatic rings. The predicted octanol–water partition coefficient (Wildman–Crippen LogP) is 5.07.